The molecule has 0 aromatic heterocycles. The molecule has 9 atom stereocenters. The number of aromatic hydroxyl groups is 3. The number of nitrogens with zero attached hydrogens (tertiary/aromatic N) is 3. The lowest BCUT2D eigenvalue weighted by Crippen LogP contribution is -2.56. The highest BCUT2D eigenvalue weighted by atomic mass is 28.3. The molecule has 2 aromatic carbocycles. The zero-order valence-corrected chi connectivity index (χ0v) is 41.6. The summed E-state index contributed by atoms with van der Waals surface area (Å²) < 4.78 is 24.5. The first kappa shape index (κ1) is 51.6. The van der Waals surface area contributed by atoms with E-state index in [1.54, 1.807) is 39.8 Å². The summed E-state index contributed by atoms with van der Waals surface area (Å²) in [7, 11) is 2.05. The maximum atomic E-state index is 14.6. The van der Waals surface area contributed by atoms with Gasteiger partial charge in [-0.2, -0.15) is 5.10 Å². The average molecular weight is 934 g/mol. The molecule has 4 aliphatic rings. The van der Waals surface area contributed by atoms with Gasteiger partial charge >= 0.3 is 11.8 Å². The Balaban J connectivity index is 1.66. The summed E-state index contributed by atoms with van der Waals surface area (Å²) in [4.78, 5) is 40.9. The number of benzene rings is 2. The number of Topliss-reactive ketones (excluding diaryl/α,β-unsaturated/α-hetero) is 1. The van der Waals surface area contributed by atoms with E-state index in [9.17, 15) is 39.9 Å². The Morgan fingerprint density at radius 1 is 1.00 bits per heavy atom. The number of phenolic OH excluding ortho intramolecular Hbond substituents is 3. The van der Waals surface area contributed by atoms with E-state index >= 15 is 0 Å². The number of hydrogen-bond donors (Lipinski definition) is 6. The second-order valence-electron chi connectivity index (χ2n) is 19.6. The molecule has 5 bridgehead atoms. The molecular formula is C49H69N4O12Si+. The zero-order chi connectivity index (χ0) is 49.2. The fraction of sp³-hybridized carbons (Fsp3) is 0.551. The Labute approximate surface area is 389 Å². The Hall–Kier alpha value is -5.38. The van der Waals surface area contributed by atoms with Gasteiger partial charge in [0.05, 0.1) is 86.2 Å². The number of amides is 1. The molecule has 16 nitrogen and oxygen atoms in total. The lowest BCUT2D eigenvalue weighted by Gasteiger charge is -2.39. The van der Waals surface area contributed by atoms with Crippen molar-refractivity contribution in [2.75, 3.05) is 52.2 Å². The van der Waals surface area contributed by atoms with Gasteiger partial charge in [0.1, 0.15) is 38.0 Å². The van der Waals surface area contributed by atoms with Gasteiger partial charge in [-0.3, -0.25) is 19.4 Å². The van der Waals surface area contributed by atoms with Gasteiger partial charge in [0.25, 0.3) is 11.7 Å². The van der Waals surface area contributed by atoms with Crippen molar-refractivity contribution in [2.24, 2.45) is 28.8 Å². The van der Waals surface area contributed by atoms with E-state index in [2.05, 4.69) is 43.5 Å². The van der Waals surface area contributed by atoms with Gasteiger partial charge in [0.2, 0.25) is 0 Å². The topological polar surface area (TPSA) is 217 Å². The number of piperazine rings is 1. The quantitative estimate of drug-likeness (QED) is 0.0402. The SMILES string of the molecule is CO[C@H]1/C=C/O[C@@]2(C)Oc3c(C)c(O)c4c(O)c(c(/C=N/N5CC[N+](C)(CC#C[Si](C)(C)C)CC5)c(O)c4c3C2=O)NC(=O)C(C)=C/C=C/[C@H](C)[C@H](O)[C@@H](C)[C@@H](O)[C@@H](C)[C@H](OC(C)=O)[C@@H]1C. The number of aliphatic hydroxyl groups is 2. The monoisotopic (exact) mass is 933 g/mol. The van der Waals surface area contributed by atoms with Crippen molar-refractivity contribution in [2.45, 2.75) is 105 Å². The number of nitrogens with one attached hydrogen (secondary N) is 1. The highest BCUT2D eigenvalue weighted by Gasteiger charge is 2.50. The number of rotatable bonds is 5. The maximum absolute atomic E-state index is 14.6. The van der Waals surface area contributed by atoms with Gasteiger partial charge in [-0.05, 0) is 19.9 Å². The molecule has 0 saturated carbocycles. The van der Waals surface area contributed by atoms with Crippen LogP contribution in [-0.4, -0.2) is 144 Å². The summed E-state index contributed by atoms with van der Waals surface area (Å²) in [5, 5.41) is 67.7. The number of carbonyl (C=O) groups excluding carboxylic acids is 3. The van der Waals surface area contributed by atoms with Crippen molar-refractivity contribution >= 4 is 48.4 Å². The highest BCUT2D eigenvalue weighted by molar-refractivity contribution is 6.83. The minimum atomic E-state index is -2.06. The molecule has 66 heavy (non-hydrogen) atoms. The highest BCUT2D eigenvalue weighted by Crippen LogP contribution is 2.55. The largest absolute Gasteiger partial charge is 0.507 e. The molecule has 1 saturated heterocycles. The molecule has 360 valence electrons. The predicted octanol–water partition coefficient (Wildman–Crippen LogP) is 5.73. The van der Waals surface area contributed by atoms with Crippen LogP contribution in [0, 0.1) is 42.1 Å². The molecule has 2 aromatic rings. The van der Waals surface area contributed by atoms with E-state index in [1.165, 1.54) is 59.4 Å². The molecule has 0 radical (unpaired) electrons. The third-order valence-electron chi connectivity index (χ3n) is 13.1. The van der Waals surface area contributed by atoms with Crippen LogP contribution >= 0.6 is 0 Å². The van der Waals surface area contributed by atoms with E-state index in [0.29, 0.717) is 19.6 Å². The summed E-state index contributed by atoms with van der Waals surface area (Å²) in [6.45, 7) is 22.4. The normalized spacial score (nSPS) is 29.7. The average Bonchev–Trinajstić information content (AvgIpc) is 3.51. The molecule has 6 N–H and O–H groups in total. The first-order chi connectivity index (χ1) is 30.8. The molecule has 0 aliphatic carbocycles. The zero-order valence-electron chi connectivity index (χ0n) is 40.6. The minimum Gasteiger partial charge on any atom is -0.507 e. The van der Waals surface area contributed by atoms with Crippen LogP contribution in [0.15, 0.2) is 41.2 Å². The van der Waals surface area contributed by atoms with Gasteiger partial charge in [-0.15, -0.1) is 5.54 Å². The molecule has 4 aliphatic heterocycles. The van der Waals surface area contributed by atoms with Gasteiger partial charge in [-0.1, -0.05) is 71.5 Å². The van der Waals surface area contributed by atoms with Gasteiger partial charge in [-0.25, -0.2) is 0 Å². The number of quaternary nitrogens is 1. The molecule has 0 unspecified atom stereocenters. The van der Waals surface area contributed by atoms with Gasteiger partial charge in [0, 0.05) is 61.2 Å². The number of hydrogen-bond acceptors (Lipinski definition) is 14. The Morgan fingerprint density at radius 3 is 2.26 bits per heavy atom. The Morgan fingerprint density at radius 2 is 1.65 bits per heavy atom. The molecule has 0 spiro atoms. The Bertz CT molecular complexity index is 2390. The second kappa shape index (κ2) is 20.2. The first-order valence-corrected chi connectivity index (χ1v) is 26.0. The van der Waals surface area contributed by atoms with Crippen LogP contribution in [-0.2, 0) is 23.8 Å². The van der Waals surface area contributed by atoms with Crippen molar-refractivity contribution in [1.82, 2.24) is 5.01 Å². The fourth-order valence-electron chi connectivity index (χ4n) is 8.72. The third-order valence-corrected chi connectivity index (χ3v) is 14.0. The van der Waals surface area contributed by atoms with E-state index in [1.807, 2.05) is 5.01 Å². The van der Waals surface area contributed by atoms with E-state index in [-0.39, 0.29) is 44.5 Å². The van der Waals surface area contributed by atoms with E-state index in [4.69, 9.17) is 24.0 Å². The van der Waals surface area contributed by atoms with Crippen LogP contribution in [0.5, 0.6) is 23.0 Å². The van der Waals surface area contributed by atoms with Crippen LogP contribution in [0.2, 0.25) is 19.6 Å². The van der Waals surface area contributed by atoms with Crippen molar-refractivity contribution in [3.8, 4) is 34.5 Å². The number of hydrazone groups is 1. The number of esters is 1. The number of likely N-dealkylation sites (N-methyl/N-ethyl adjacent to an activating group) is 1. The predicted molar refractivity (Wildman–Crippen MR) is 255 cm³/mol. The number of fused-ring (bicyclic) bond motifs is 14. The summed E-state index contributed by atoms with van der Waals surface area (Å²) in [5.41, 5.74) is 3.07. The smallest absolute Gasteiger partial charge is 0.312 e. The van der Waals surface area contributed by atoms with Crippen molar-refractivity contribution in [3.63, 3.8) is 0 Å². The fourth-order valence-corrected chi connectivity index (χ4v) is 9.33. The molecule has 6 rings (SSSR count). The van der Waals surface area contributed by atoms with Crippen LogP contribution in [0.3, 0.4) is 0 Å². The Kier molecular flexibility index (Phi) is 15.8. The number of aliphatic hydroxyl groups excluding tert-OH is 2. The lowest BCUT2D eigenvalue weighted by molar-refractivity contribution is -0.906. The standard InChI is InChI=1S/C49H68N4O12Si/c1-27-16-14-17-28(2)48(61)51-39-34(26-50-52-19-22-53(9,23-20-52)21-15-25-66(11,12)13)43(58)36-37(44(39)59)42(57)32(6)46-38(36)47(60)49(8,65-46)63-24-18-35(62-10)29(3)45(64-33(7)54)31(5)41(56)30(4)40(27)55/h14,16-18,24,26-27,29-31,35,40-41,45,55-56H,19-23H2,1-13H3,(H3-,50,51,57,58,59,60,61)/p+1/b16-14+,24-18+,28-17?/t27-,29+,30+,31+,35-,40-,41+,45+,49-/m0/s1. The van der Waals surface area contributed by atoms with E-state index in [0.717, 1.165) is 17.6 Å². The first-order valence-electron chi connectivity index (χ1n) is 22.5. The number of anilines is 1. The number of ketones is 1. The number of methoxy groups -OCH3 is 1. The van der Waals surface area contributed by atoms with Crippen LogP contribution in [0.4, 0.5) is 5.69 Å². The molecule has 4 heterocycles. The number of ether oxygens (including phenoxy) is 4. The number of phenols is 3. The third kappa shape index (κ3) is 10.9. The molecular weight excluding hydrogens is 865 g/mol. The minimum absolute atomic E-state index is 0.0528. The lowest BCUT2D eigenvalue weighted by atomic mass is 9.78. The van der Waals surface area contributed by atoms with Crippen molar-refractivity contribution in [3.05, 3.63) is 52.8 Å². The summed E-state index contributed by atoms with van der Waals surface area (Å²) in [6, 6.07) is 0. The van der Waals surface area contributed by atoms with Crippen molar-refractivity contribution in [1.29, 1.82) is 0 Å². The van der Waals surface area contributed by atoms with Crippen LogP contribution < -0.4 is 10.1 Å². The molecule has 1 amide bonds. The van der Waals surface area contributed by atoms with Crippen molar-refractivity contribution < 1.29 is 63.3 Å². The van der Waals surface area contributed by atoms with Crippen LogP contribution in [0.25, 0.3) is 10.8 Å². The van der Waals surface area contributed by atoms with Crippen LogP contribution in [0.1, 0.15) is 70.0 Å². The summed E-state index contributed by atoms with van der Waals surface area (Å²) in [6.07, 6.45) is 4.88. The maximum Gasteiger partial charge on any atom is 0.312 e. The molecule has 1 fully saturated rings. The summed E-state index contributed by atoms with van der Waals surface area (Å²) >= 11 is 0. The molecule has 17 heteroatoms. The number of allylic oxidation sites excluding steroid dienone is 2. The van der Waals surface area contributed by atoms with Gasteiger partial charge in [0.15, 0.2) is 5.75 Å². The van der Waals surface area contributed by atoms with E-state index < -0.39 is 96.9 Å². The second-order valence-corrected chi connectivity index (χ2v) is 24.3. The van der Waals surface area contributed by atoms with Gasteiger partial charge < -0.3 is 54.3 Å². The summed E-state index contributed by atoms with van der Waals surface area (Å²) in [5.74, 6) is -5.03. The number of carbonyl (C=O) groups is 3.